The van der Waals surface area contributed by atoms with Gasteiger partial charge >= 0.3 is 18.1 Å². The number of benzene rings is 1. The van der Waals surface area contributed by atoms with Gasteiger partial charge in [0.15, 0.2) is 5.01 Å². The molecule has 40 heavy (non-hydrogen) atoms. The maximum absolute atomic E-state index is 13.7. The molecule has 4 rings (SSSR count). The highest BCUT2D eigenvalue weighted by Crippen LogP contribution is 2.30. The molecule has 1 aliphatic heterocycles. The third-order valence-corrected chi connectivity index (χ3v) is 7.60. The second-order valence-electron chi connectivity index (χ2n) is 11.2. The van der Waals surface area contributed by atoms with Crippen LogP contribution < -0.4 is 15.3 Å². The number of thiazole rings is 1. The van der Waals surface area contributed by atoms with Crippen LogP contribution in [0.4, 0.5) is 20.3 Å². The number of nitrogens with zero attached hydrogens (tertiary/aromatic N) is 4. The predicted octanol–water partition coefficient (Wildman–Crippen LogP) is 6.02. The molecule has 3 heterocycles. The summed E-state index contributed by atoms with van der Waals surface area (Å²) in [5, 5.41) is 4.17. The van der Waals surface area contributed by atoms with Gasteiger partial charge in [-0.1, -0.05) is 29.5 Å². The monoisotopic (exact) mass is 585 g/mol. The summed E-state index contributed by atoms with van der Waals surface area (Å²) in [7, 11) is 0. The number of piperazine rings is 1. The number of hydrogen-bond donors (Lipinski definition) is 1. The van der Waals surface area contributed by atoms with Crippen LogP contribution in [-0.4, -0.2) is 65.4 Å². The largest absolute Gasteiger partial charge is 0.444 e. The maximum Gasteiger partial charge on any atom is 0.427 e. The number of ether oxygens (including phenoxy) is 2. The van der Waals surface area contributed by atoms with Crippen molar-refractivity contribution in [1.82, 2.24) is 15.3 Å². The molecule has 1 saturated heterocycles. The highest BCUT2D eigenvalue weighted by Gasteiger charge is 2.29. The summed E-state index contributed by atoms with van der Waals surface area (Å²) in [4.78, 5) is 48.1. The van der Waals surface area contributed by atoms with Crippen LogP contribution in [0.25, 0.3) is 10.4 Å². The minimum Gasteiger partial charge on any atom is -0.444 e. The first-order chi connectivity index (χ1) is 18.8. The van der Waals surface area contributed by atoms with Gasteiger partial charge in [-0.3, -0.25) is 4.79 Å². The number of amides is 3. The minimum absolute atomic E-state index is 0.210. The molecule has 214 valence electrons. The van der Waals surface area contributed by atoms with E-state index >= 15 is 0 Å². The first kappa shape index (κ1) is 29.3. The molecule has 0 atom stereocenters. The molecular formula is C28H35N5O5S2. The van der Waals surface area contributed by atoms with Crippen molar-refractivity contribution in [1.29, 1.82) is 0 Å². The van der Waals surface area contributed by atoms with Crippen molar-refractivity contribution in [2.45, 2.75) is 52.7 Å². The van der Waals surface area contributed by atoms with Gasteiger partial charge in [-0.15, -0.1) is 11.3 Å². The SMILES string of the molecule is CC(C)(C)OC(=O)NN(C(=O)c1ncc(N2CCN(C(=O)OC(C)(C)C)CC2)s1)c1cccc(-c2cccs2)c1. The Morgan fingerprint density at radius 1 is 0.950 bits per heavy atom. The van der Waals surface area contributed by atoms with Gasteiger partial charge in [0.1, 0.15) is 16.2 Å². The average Bonchev–Trinajstić information content (AvgIpc) is 3.58. The van der Waals surface area contributed by atoms with E-state index in [1.54, 1.807) is 49.3 Å². The van der Waals surface area contributed by atoms with Crippen molar-refractivity contribution in [3.63, 3.8) is 0 Å². The molecule has 1 aromatic carbocycles. The zero-order chi connectivity index (χ0) is 29.1. The zero-order valence-corrected chi connectivity index (χ0v) is 25.2. The van der Waals surface area contributed by atoms with Crippen molar-refractivity contribution in [2.75, 3.05) is 36.1 Å². The van der Waals surface area contributed by atoms with Gasteiger partial charge < -0.3 is 19.3 Å². The zero-order valence-electron chi connectivity index (χ0n) is 23.6. The van der Waals surface area contributed by atoms with Crippen LogP contribution in [0.2, 0.25) is 0 Å². The first-order valence-electron chi connectivity index (χ1n) is 13.0. The van der Waals surface area contributed by atoms with E-state index in [-0.39, 0.29) is 11.1 Å². The lowest BCUT2D eigenvalue weighted by molar-refractivity contribution is 0.0240. The van der Waals surface area contributed by atoms with Crippen molar-refractivity contribution >= 4 is 51.5 Å². The first-order valence-corrected chi connectivity index (χ1v) is 14.7. The Morgan fingerprint density at radius 3 is 2.27 bits per heavy atom. The second-order valence-corrected chi connectivity index (χ2v) is 13.2. The molecule has 1 fully saturated rings. The van der Waals surface area contributed by atoms with E-state index in [1.165, 1.54) is 16.3 Å². The van der Waals surface area contributed by atoms with Crippen molar-refractivity contribution in [2.24, 2.45) is 0 Å². The van der Waals surface area contributed by atoms with Crippen LogP contribution in [0.5, 0.6) is 0 Å². The molecule has 0 saturated carbocycles. The van der Waals surface area contributed by atoms with Crippen LogP contribution in [0.1, 0.15) is 51.3 Å². The molecule has 3 amide bonds. The van der Waals surface area contributed by atoms with Crippen molar-refractivity contribution in [3.8, 4) is 10.4 Å². The molecule has 0 radical (unpaired) electrons. The topological polar surface area (TPSA) is 104 Å². The quantitative estimate of drug-likeness (QED) is 0.374. The molecule has 12 heteroatoms. The van der Waals surface area contributed by atoms with Crippen molar-refractivity contribution < 1.29 is 23.9 Å². The number of aromatic nitrogens is 1. The molecule has 1 aliphatic rings. The van der Waals surface area contributed by atoms with Crippen LogP contribution in [0, 0.1) is 0 Å². The normalized spacial score (nSPS) is 14.1. The molecule has 0 aliphatic carbocycles. The molecule has 1 N–H and O–H groups in total. The van der Waals surface area contributed by atoms with Crippen molar-refractivity contribution in [3.05, 3.63) is 53.0 Å². The summed E-state index contributed by atoms with van der Waals surface area (Å²) in [5.74, 6) is -0.488. The summed E-state index contributed by atoms with van der Waals surface area (Å²) in [6.45, 7) is 13.0. The number of thiophene rings is 1. The molecule has 2 aromatic heterocycles. The van der Waals surface area contributed by atoms with E-state index in [9.17, 15) is 14.4 Å². The van der Waals surface area contributed by atoms with Gasteiger partial charge in [0.05, 0.1) is 11.9 Å². The van der Waals surface area contributed by atoms with Crippen LogP contribution in [0.15, 0.2) is 48.0 Å². The fourth-order valence-corrected chi connectivity index (χ4v) is 5.53. The molecule has 3 aromatic rings. The summed E-state index contributed by atoms with van der Waals surface area (Å²) < 4.78 is 10.9. The van der Waals surface area contributed by atoms with E-state index in [4.69, 9.17) is 9.47 Å². The second kappa shape index (κ2) is 11.8. The predicted molar refractivity (Wildman–Crippen MR) is 158 cm³/mol. The number of carbonyl (C=O) groups is 3. The summed E-state index contributed by atoms with van der Waals surface area (Å²) in [5.41, 5.74) is 2.70. The van der Waals surface area contributed by atoms with Crippen LogP contribution in [0.3, 0.4) is 0 Å². The number of nitrogens with one attached hydrogen (secondary N) is 1. The molecular weight excluding hydrogens is 550 g/mol. The van der Waals surface area contributed by atoms with Gasteiger partial charge in [-0.2, -0.15) is 0 Å². The Hall–Kier alpha value is -3.64. The number of hydrogen-bond acceptors (Lipinski definition) is 9. The Balaban J connectivity index is 1.51. The fraction of sp³-hybridized carbons (Fsp3) is 0.429. The minimum atomic E-state index is -0.752. The van der Waals surface area contributed by atoms with E-state index in [1.807, 2.05) is 56.5 Å². The molecule has 0 bridgehead atoms. The third kappa shape index (κ3) is 7.72. The summed E-state index contributed by atoms with van der Waals surface area (Å²) in [6, 6.07) is 11.3. The number of rotatable bonds is 4. The Morgan fingerprint density at radius 2 is 1.65 bits per heavy atom. The Kier molecular flexibility index (Phi) is 8.69. The lowest BCUT2D eigenvalue weighted by atomic mass is 10.1. The average molecular weight is 586 g/mol. The summed E-state index contributed by atoms with van der Waals surface area (Å²) >= 11 is 2.81. The van der Waals surface area contributed by atoms with Gasteiger partial charge in [0, 0.05) is 31.1 Å². The molecule has 0 unspecified atom stereocenters. The van der Waals surface area contributed by atoms with Gasteiger partial charge in [-0.05, 0) is 70.7 Å². The van der Waals surface area contributed by atoms with Crippen LogP contribution in [-0.2, 0) is 9.47 Å². The summed E-state index contributed by atoms with van der Waals surface area (Å²) in [6.07, 6.45) is 0.563. The van der Waals surface area contributed by atoms with Gasteiger partial charge in [0.2, 0.25) is 0 Å². The van der Waals surface area contributed by atoms with Crippen LogP contribution >= 0.6 is 22.7 Å². The van der Waals surface area contributed by atoms with E-state index in [0.29, 0.717) is 31.9 Å². The Bertz CT molecular complexity index is 1340. The Labute approximate surface area is 242 Å². The van der Waals surface area contributed by atoms with E-state index < -0.39 is 23.2 Å². The lowest BCUT2D eigenvalue weighted by Crippen LogP contribution is -2.50. The number of anilines is 2. The number of carbonyl (C=O) groups excluding carboxylic acids is 3. The number of hydrazine groups is 1. The standard InChI is InChI=1S/C28H35N5O5S2/c1-27(2,3)37-25(35)30-33(20-10-7-9-19(17-20)21-11-8-16-39-21)24(34)23-29-18-22(40-23)31-12-14-32(15-13-31)26(36)38-28(4,5)6/h7-11,16-18H,12-15H2,1-6H3,(H,30,35). The highest BCUT2D eigenvalue weighted by atomic mass is 32.1. The third-order valence-electron chi connectivity index (χ3n) is 5.63. The lowest BCUT2D eigenvalue weighted by Gasteiger charge is -2.35. The van der Waals surface area contributed by atoms with Gasteiger partial charge in [0.25, 0.3) is 0 Å². The fourth-order valence-electron chi connectivity index (χ4n) is 3.91. The van der Waals surface area contributed by atoms with E-state index in [2.05, 4.69) is 15.3 Å². The smallest absolute Gasteiger partial charge is 0.427 e. The molecule has 10 nitrogen and oxygen atoms in total. The molecule has 0 spiro atoms. The highest BCUT2D eigenvalue weighted by molar-refractivity contribution is 7.17. The maximum atomic E-state index is 13.7. The van der Waals surface area contributed by atoms with Gasteiger partial charge in [-0.25, -0.2) is 25.0 Å². The van der Waals surface area contributed by atoms with E-state index in [0.717, 1.165) is 15.4 Å².